The fourth-order valence-electron chi connectivity index (χ4n) is 3.41. The molecule has 3 rings (SSSR count). The van der Waals surface area contributed by atoms with Crippen molar-refractivity contribution in [3.63, 3.8) is 0 Å². The molecule has 34 heavy (non-hydrogen) atoms. The number of aliphatic hydroxyl groups is 1. The fourth-order valence-corrected chi connectivity index (χ4v) is 7.74. The molecular formula is C22H27NO9P2. The van der Waals surface area contributed by atoms with Gasteiger partial charge in [0.25, 0.3) is 0 Å². The highest BCUT2D eigenvalue weighted by Gasteiger charge is 2.64. The van der Waals surface area contributed by atoms with E-state index >= 15 is 0 Å². The Hall–Kier alpha value is -2.32. The molecule has 0 spiro atoms. The number of pyridine rings is 1. The Kier molecular flexibility index (Phi) is 7.82. The molecule has 1 aliphatic rings. The number of carbonyl (C=O) groups excluding carboxylic acids is 1. The van der Waals surface area contributed by atoms with E-state index in [9.17, 15) is 23.9 Å². The van der Waals surface area contributed by atoms with Crippen molar-refractivity contribution in [2.24, 2.45) is 0 Å². The zero-order valence-corrected chi connectivity index (χ0v) is 20.8. The molecule has 4 atom stereocenters. The lowest BCUT2D eigenvalue weighted by molar-refractivity contribution is -0.0440. The molecule has 184 valence electrons. The average molecular weight is 511 g/mol. The first-order valence-electron chi connectivity index (χ1n) is 10.4. The van der Waals surface area contributed by atoms with Crippen molar-refractivity contribution in [1.29, 1.82) is 0 Å². The fraction of sp³-hybridized carbons (Fsp3) is 0.364. The lowest BCUT2D eigenvalue weighted by atomic mass is 10.1. The number of allylic oxidation sites excluding steroid dienone is 1. The number of aromatic nitrogens is 1. The first kappa shape index (κ1) is 26.3. The van der Waals surface area contributed by atoms with Crippen LogP contribution < -0.4 is 4.74 Å². The van der Waals surface area contributed by atoms with Gasteiger partial charge in [-0.1, -0.05) is 25.6 Å². The molecular weight excluding hydrogens is 484 g/mol. The van der Waals surface area contributed by atoms with Crippen LogP contribution in [0.4, 0.5) is 0 Å². The average Bonchev–Trinajstić information content (AvgIpc) is 2.78. The summed E-state index contributed by atoms with van der Waals surface area (Å²) in [6.45, 7) is 6.82. The predicted octanol–water partition coefficient (Wildman–Crippen LogP) is 4.59. The van der Waals surface area contributed by atoms with Crippen LogP contribution in [0, 0.1) is 0 Å². The van der Waals surface area contributed by atoms with Crippen LogP contribution in [0.2, 0.25) is 0 Å². The van der Waals surface area contributed by atoms with Gasteiger partial charge in [0.15, 0.2) is 6.29 Å². The Bertz CT molecular complexity index is 1140. The van der Waals surface area contributed by atoms with E-state index in [1.165, 1.54) is 37.7 Å². The van der Waals surface area contributed by atoms with E-state index < -0.39 is 38.7 Å². The lowest BCUT2D eigenvalue weighted by Gasteiger charge is -2.43. The summed E-state index contributed by atoms with van der Waals surface area (Å²) in [7, 11) is -7.92. The number of rotatable bonds is 8. The third-order valence-corrected chi connectivity index (χ3v) is 10.7. The van der Waals surface area contributed by atoms with Crippen LogP contribution in [0.5, 0.6) is 5.75 Å². The first-order valence-corrected chi connectivity index (χ1v) is 14.1. The normalized spacial score (nSPS) is 28.8. The smallest absolute Gasteiger partial charge is 0.372 e. The van der Waals surface area contributed by atoms with E-state index in [2.05, 4.69) is 11.6 Å². The van der Waals surface area contributed by atoms with Gasteiger partial charge in [-0.2, -0.15) is 0 Å². The molecule has 1 saturated heterocycles. The predicted molar refractivity (Wildman–Crippen MR) is 124 cm³/mol. The molecule has 4 unspecified atom stereocenters. The van der Waals surface area contributed by atoms with Gasteiger partial charge in [-0.3, -0.25) is 23.2 Å². The lowest BCUT2D eigenvalue weighted by Crippen LogP contribution is -2.37. The Morgan fingerprint density at radius 3 is 2.62 bits per heavy atom. The molecule has 2 aromatic rings. The highest BCUT2D eigenvalue weighted by molar-refractivity contribution is 7.75. The number of benzene rings is 1. The van der Waals surface area contributed by atoms with E-state index in [4.69, 9.17) is 18.5 Å². The summed E-state index contributed by atoms with van der Waals surface area (Å²) in [5.74, 6) is -0.148. The molecule has 0 amide bonds. The second kappa shape index (κ2) is 10.1. The standard InChI is InChI=1S/C22H27NO9P2/c1-5-7-15(2)30-19-10-9-17(12-18(19)20(24)29-3)21-31-33(4,26)22(25,34(27,28)32-21)13-16-8-6-11-23-14-16/h6,8-12,14,21,25H,2,5,7,13H2,1,3-4H3,(H,27,28). The van der Waals surface area contributed by atoms with E-state index in [0.717, 1.165) is 13.1 Å². The maximum absolute atomic E-state index is 13.4. The van der Waals surface area contributed by atoms with Crippen LogP contribution in [-0.4, -0.2) is 39.8 Å². The zero-order chi connectivity index (χ0) is 25.1. The largest absolute Gasteiger partial charge is 0.465 e. The molecule has 12 heteroatoms. The molecule has 10 nitrogen and oxygen atoms in total. The topological polar surface area (TPSA) is 141 Å². The van der Waals surface area contributed by atoms with Crippen molar-refractivity contribution in [2.75, 3.05) is 13.8 Å². The van der Waals surface area contributed by atoms with Gasteiger partial charge in [0.1, 0.15) is 11.3 Å². The van der Waals surface area contributed by atoms with Gasteiger partial charge in [0.2, 0.25) is 12.5 Å². The zero-order valence-electron chi connectivity index (χ0n) is 19.0. The third kappa shape index (κ3) is 5.18. The summed E-state index contributed by atoms with van der Waals surface area (Å²) in [5.41, 5.74) is 0.460. The van der Waals surface area contributed by atoms with Gasteiger partial charge >= 0.3 is 13.6 Å². The van der Waals surface area contributed by atoms with Crippen LogP contribution in [0.25, 0.3) is 0 Å². The molecule has 0 bridgehead atoms. The highest BCUT2D eigenvalue weighted by Crippen LogP contribution is 2.79. The minimum atomic E-state index is -4.93. The number of ether oxygens (including phenoxy) is 2. The summed E-state index contributed by atoms with van der Waals surface area (Å²) < 4.78 is 47.8. The molecule has 0 radical (unpaired) electrons. The van der Waals surface area contributed by atoms with E-state index in [1.807, 2.05) is 6.92 Å². The molecule has 0 saturated carbocycles. The SMILES string of the molecule is C=C(CCC)Oc1ccc(C2OP(C)(=O)C(O)(Cc3cccnc3)P(=O)(O)O2)cc1C(=O)OC. The van der Waals surface area contributed by atoms with E-state index in [0.29, 0.717) is 17.7 Å². The maximum atomic E-state index is 13.4. The van der Waals surface area contributed by atoms with Gasteiger partial charge in [-0.05, 0) is 30.2 Å². The van der Waals surface area contributed by atoms with Gasteiger partial charge in [-0.15, -0.1) is 0 Å². The Morgan fingerprint density at radius 1 is 1.29 bits per heavy atom. The second-order valence-electron chi connectivity index (χ2n) is 7.86. The van der Waals surface area contributed by atoms with Crippen molar-refractivity contribution < 1.29 is 42.4 Å². The molecule has 2 heterocycles. The maximum Gasteiger partial charge on any atom is 0.372 e. The van der Waals surface area contributed by atoms with Gasteiger partial charge in [0.05, 0.1) is 12.9 Å². The van der Waals surface area contributed by atoms with Crippen molar-refractivity contribution >= 4 is 20.9 Å². The minimum Gasteiger partial charge on any atom is -0.465 e. The van der Waals surface area contributed by atoms with Crippen LogP contribution in [0.1, 0.15) is 47.5 Å². The molecule has 1 fully saturated rings. The Labute approximate surface area is 197 Å². The van der Waals surface area contributed by atoms with E-state index in [1.54, 1.807) is 12.1 Å². The number of hydrogen-bond acceptors (Lipinski definition) is 9. The van der Waals surface area contributed by atoms with Crippen LogP contribution in [0.3, 0.4) is 0 Å². The van der Waals surface area contributed by atoms with Gasteiger partial charge in [-0.25, -0.2) is 4.79 Å². The summed E-state index contributed by atoms with van der Waals surface area (Å²) in [4.78, 5) is 26.9. The summed E-state index contributed by atoms with van der Waals surface area (Å²) >= 11 is 0. The van der Waals surface area contributed by atoms with Crippen molar-refractivity contribution in [3.05, 3.63) is 71.8 Å². The van der Waals surface area contributed by atoms with Gasteiger partial charge in [0, 0.05) is 37.5 Å². The van der Waals surface area contributed by atoms with E-state index in [-0.39, 0.29) is 16.9 Å². The quantitative estimate of drug-likeness (QED) is 0.294. The van der Waals surface area contributed by atoms with Crippen LogP contribution in [0.15, 0.2) is 55.1 Å². The van der Waals surface area contributed by atoms with Gasteiger partial charge < -0.3 is 19.5 Å². The highest BCUT2D eigenvalue weighted by atomic mass is 31.2. The monoisotopic (exact) mass is 511 g/mol. The Balaban J connectivity index is 1.96. The first-order chi connectivity index (χ1) is 15.9. The van der Waals surface area contributed by atoms with Crippen LogP contribution >= 0.6 is 15.0 Å². The minimum absolute atomic E-state index is 0.0145. The summed E-state index contributed by atoms with van der Waals surface area (Å²) in [5, 5.41) is 8.37. The summed E-state index contributed by atoms with van der Waals surface area (Å²) in [6.07, 6.45) is 2.14. The molecule has 2 N–H and O–H groups in total. The summed E-state index contributed by atoms with van der Waals surface area (Å²) in [6, 6.07) is 7.27. The number of esters is 1. The Morgan fingerprint density at radius 2 is 2.03 bits per heavy atom. The molecule has 0 aliphatic carbocycles. The number of carbonyl (C=O) groups is 1. The molecule has 1 aromatic heterocycles. The second-order valence-corrected chi connectivity index (χ2v) is 12.8. The van der Waals surface area contributed by atoms with Crippen molar-refractivity contribution in [1.82, 2.24) is 4.98 Å². The molecule has 1 aliphatic heterocycles. The number of methoxy groups -OCH3 is 1. The third-order valence-electron chi connectivity index (χ3n) is 5.27. The number of hydrogen-bond donors (Lipinski definition) is 2. The molecule has 1 aromatic carbocycles. The van der Waals surface area contributed by atoms with Crippen LogP contribution in [-0.2, 0) is 29.3 Å². The number of nitrogens with zero attached hydrogens (tertiary/aromatic N) is 1. The van der Waals surface area contributed by atoms with Crippen molar-refractivity contribution in [3.8, 4) is 5.75 Å². The van der Waals surface area contributed by atoms with Crippen molar-refractivity contribution in [2.45, 2.75) is 37.6 Å².